The van der Waals surface area contributed by atoms with Gasteiger partial charge in [-0.25, -0.2) is 0 Å². The van der Waals surface area contributed by atoms with Gasteiger partial charge < -0.3 is 5.32 Å². The zero-order chi connectivity index (χ0) is 18.7. The Morgan fingerprint density at radius 3 is 1.83 bits per heavy atom. The van der Waals surface area contributed by atoms with Crippen LogP contribution in [0.15, 0.2) is 74.5 Å². The molecule has 24 heavy (non-hydrogen) atoms. The van der Waals surface area contributed by atoms with Crippen LogP contribution in [-0.2, 0) is 0 Å². The van der Waals surface area contributed by atoms with E-state index < -0.39 is 0 Å². The van der Waals surface area contributed by atoms with E-state index in [-0.39, 0.29) is 0 Å². The molecule has 0 aliphatic rings. The summed E-state index contributed by atoms with van der Waals surface area (Å²) >= 11 is 0. The average Bonchev–Trinajstić information content (AvgIpc) is 2.58. The van der Waals surface area contributed by atoms with E-state index in [9.17, 15) is 0 Å². The summed E-state index contributed by atoms with van der Waals surface area (Å²) < 4.78 is 0. The Bertz CT molecular complexity index is 633. The third kappa shape index (κ3) is 6.99. The molecule has 0 spiro atoms. The Morgan fingerprint density at radius 2 is 1.29 bits per heavy atom. The van der Waals surface area contributed by atoms with Gasteiger partial charge in [-0.15, -0.1) is 0 Å². The Labute approximate surface area is 149 Å². The molecule has 0 atom stereocenters. The first-order valence-electron chi connectivity index (χ1n) is 8.40. The van der Waals surface area contributed by atoms with Crippen molar-refractivity contribution < 1.29 is 0 Å². The lowest BCUT2D eigenvalue weighted by Gasteiger charge is -2.14. The minimum Gasteiger partial charge on any atom is -0.394 e. The zero-order valence-electron chi connectivity index (χ0n) is 16.9. The number of nitrogens with zero attached hydrogens (tertiary/aromatic N) is 1. The van der Waals surface area contributed by atoms with Crippen molar-refractivity contribution in [1.82, 2.24) is 5.32 Å². The fourth-order valence-corrected chi connectivity index (χ4v) is 2.25. The molecule has 132 valence electrons. The highest BCUT2D eigenvalue weighted by Crippen LogP contribution is 2.26. The number of aliphatic imine (C=N–C) groups is 1. The second-order valence-electron chi connectivity index (χ2n) is 6.07. The summed E-state index contributed by atoms with van der Waals surface area (Å²) in [7, 11) is 3.69. The summed E-state index contributed by atoms with van der Waals surface area (Å²) in [5.41, 5.74) is 9.20. The van der Waals surface area contributed by atoms with Crippen LogP contribution in [-0.4, -0.2) is 20.3 Å². The average molecular weight is 327 g/mol. The molecule has 0 saturated heterocycles. The number of allylic oxidation sites excluding steroid dienone is 11. The molecule has 1 N–H and O–H groups in total. The fraction of sp³-hybridized carbons (Fsp3) is 0.409. The summed E-state index contributed by atoms with van der Waals surface area (Å²) in [6.45, 7) is 15.3. The Hall–Kier alpha value is -2.09. The first-order chi connectivity index (χ1) is 11.3. The second-order valence-corrected chi connectivity index (χ2v) is 6.07. The van der Waals surface area contributed by atoms with E-state index >= 15 is 0 Å². The van der Waals surface area contributed by atoms with E-state index in [1.54, 1.807) is 7.05 Å². The quantitative estimate of drug-likeness (QED) is 0.455. The Balaban J connectivity index is 5.76. The van der Waals surface area contributed by atoms with E-state index in [0.717, 1.165) is 0 Å². The van der Waals surface area contributed by atoms with Crippen LogP contribution >= 0.6 is 0 Å². The van der Waals surface area contributed by atoms with Crippen molar-refractivity contribution in [3.05, 3.63) is 69.5 Å². The van der Waals surface area contributed by atoms with Crippen LogP contribution in [0.5, 0.6) is 0 Å². The number of hydrogen-bond donors (Lipinski definition) is 1. The van der Waals surface area contributed by atoms with E-state index in [4.69, 9.17) is 0 Å². The predicted molar refractivity (Wildman–Crippen MR) is 111 cm³/mol. The van der Waals surface area contributed by atoms with Gasteiger partial charge in [0, 0.05) is 20.3 Å². The molecule has 0 amide bonds. The maximum Gasteiger partial charge on any atom is 0.0277 e. The van der Waals surface area contributed by atoms with Crippen LogP contribution in [0.25, 0.3) is 0 Å². The molecular formula is C22H34N2. The largest absolute Gasteiger partial charge is 0.394 e. The molecule has 0 aromatic heterocycles. The van der Waals surface area contributed by atoms with Crippen molar-refractivity contribution in [3.8, 4) is 0 Å². The lowest BCUT2D eigenvalue weighted by Crippen LogP contribution is -1.95. The number of nitrogens with one attached hydrogen (secondary N) is 1. The highest BCUT2D eigenvalue weighted by molar-refractivity contribution is 5.71. The van der Waals surface area contributed by atoms with Crippen molar-refractivity contribution in [2.75, 3.05) is 14.1 Å². The lowest BCUT2D eigenvalue weighted by atomic mass is 9.91. The second kappa shape index (κ2) is 11.4. The van der Waals surface area contributed by atoms with E-state index in [1.165, 1.54) is 39.0 Å². The van der Waals surface area contributed by atoms with Gasteiger partial charge >= 0.3 is 0 Å². The fourth-order valence-electron chi connectivity index (χ4n) is 2.25. The zero-order valence-corrected chi connectivity index (χ0v) is 16.9. The molecule has 0 unspecified atom stereocenters. The van der Waals surface area contributed by atoms with Crippen LogP contribution < -0.4 is 5.32 Å². The minimum absolute atomic E-state index is 1.27. The van der Waals surface area contributed by atoms with Gasteiger partial charge in [-0.1, -0.05) is 12.2 Å². The van der Waals surface area contributed by atoms with E-state index in [2.05, 4.69) is 70.9 Å². The minimum atomic E-state index is 1.27. The molecule has 0 radical (unpaired) electrons. The molecule has 2 nitrogen and oxygen atoms in total. The SMILES string of the molecule is CN=CC=CC(C)=C(C)C(C)=C(C)C(C)=C(C)C(C)=CC=CNC. The third-order valence-electron chi connectivity index (χ3n) is 4.62. The third-order valence-corrected chi connectivity index (χ3v) is 4.62. The monoisotopic (exact) mass is 326 g/mol. The topological polar surface area (TPSA) is 24.4 Å². The summed E-state index contributed by atoms with van der Waals surface area (Å²) in [6, 6.07) is 0. The van der Waals surface area contributed by atoms with Gasteiger partial charge in [-0.2, -0.15) is 0 Å². The van der Waals surface area contributed by atoms with Gasteiger partial charge in [0.25, 0.3) is 0 Å². The Morgan fingerprint density at radius 1 is 0.750 bits per heavy atom. The van der Waals surface area contributed by atoms with Crippen molar-refractivity contribution in [1.29, 1.82) is 0 Å². The van der Waals surface area contributed by atoms with Crippen molar-refractivity contribution in [2.45, 2.75) is 48.5 Å². The van der Waals surface area contributed by atoms with Crippen molar-refractivity contribution in [3.63, 3.8) is 0 Å². The maximum atomic E-state index is 3.98. The molecule has 2 heteroatoms. The van der Waals surface area contributed by atoms with Crippen molar-refractivity contribution >= 4 is 6.21 Å². The van der Waals surface area contributed by atoms with Crippen LogP contribution in [0.1, 0.15) is 48.5 Å². The molecule has 0 bridgehead atoms. The molecule has 0 heterocycles. The summed E-state index contributed by atoms with van der Waals surface area (Å²) in [5.74, 6) is 0. The maximum absolute atomic E-state index is 3.98. The Kier molecular flexibility index (Phi) is 10.4. The van der Waals surface area contributed by atoms with Gasteiger partial charge in [-0.05, 0) is 106 Å². The molecule has 0 fully saturated rings. The van der Waals surface area contributed by atoms with Crippen LogP contribution in [0.4, 0.5) is 0 Å². The smallest absolute Gasteiger partial charge is 0.0277 e. The normalized spacial score (nSPS) is 16.6. The highest BCUT2D eigenvalue weighted by Gasteiger charge is 2.07. The molecule has 0 aliphatic heterocycles. The lowest BCUT2D eigenvalue weighted by molar-refractivity contribution is 1.10. The van der Waals surface area contributed by atoms with Gasteiger partial charge in [0.1, 0.15) is 0 Å². The molecule has 0 aliphatic carbocycles. The standard InChI is InChI=1S/C22H34N2/c1-16(12-10-14-23-8)18(3)20(5)22(7)21(6)19(4)17(2)13-11-15-24-9/h10-15,23H,1-9H3. The molecule has 0 aromatic rings. The van der Waals surface area contributed by atoms with Crippen LogP contribution in [0.2, 0.25) is 0 Å². The molecule has 0 rings (SSSR count). The van der Waals surface area contributed by atoms with Gasteiger partial charge in [-0.3, -0.25) is 4.99 Å². The molecular weight excluding hydrogens is 292 g/mol. The van der Waals surface area contributed by atoms with Crippen LogP contribution in [0.3, 0.4) is 0 Å². The van der Waals surface area contributed by atoms with E-state index in [0.29, 0.717) is 0 Å². The summed E-state index contributed by atoms with van der Waals surface area (Å²) in [5, 5.41) is 3.01. The van der Waals surface area contributed by atoms with E-state index in [1.807, 2.05) is 31.6 Å². The molecule has 0 saturated carbocycles. The van der Waals surface area contributed by atoms with Gasteiger partial charge in [0.05, 0.1) is 0 Å². The van der Waals surface area contributed by atoms with Gasteiger partial charge in [0.2, 0.25) is 0 Å². The predicted octanol–water partition coefficient (Wildman–Crippen LogP) is 5.93. The summed E-state index contributed by atoms with van der Waals surface area (Å²) in [6.07, 6.45) is 12.0. The van der Waals surface area contributed by atoms with Crippen LogP contribution in [0, 0.1) is 0 Å². The first-order valence-corrected chi connectivity index (χ1v) is 8.40. The highest BCUT2D eigenvalue weighted by atomic mass is 14.8. The molecule has 0 aromatic carbocycles. The first kappa shape index (κ1) is 21.9. The summed E-state index contributed by atoms with van der Waals surface area (Å²) in [4.78, 5) is 3.98. The number of hydrogen-bond acceptors (Lipinski definition) is 2. The van der Waals surface area contributed by atoms with Gasteiger partial charge in [0.15, 0.2) is 0 Å². The number of rotatable bonds is 7. The van der Waals surface area contributed by atoms with Crippen molar-refractivity contribution in [2.24, 2.45) is 4.99 Å².